The predicted octanol–water partition coefficient (Wildman–Crippen LogP) is 2.49. The average Bonchev–Trinajstić information content (AvgIpc) is 3.31. The summed E-state index contributed by atoms with van der Waals surface area (Å²) in [5.41, 5.74) is 6.08. The van der Waals surface area contributed by atoms with Crippen LogP contribution in [-0.2, 0) is 9.53 Å². The first kappa shape index (κ1) is 24.7. The Morgan fingerprint density at radius 3 is 2.69 bits per heavy atom. The Kier molecular flexibility index (Phi) is 7.15. The van der Waals surface area contributed by atoms with Crippen LogP contribution in [0.4, 0.5) is 10.6 Å². The normalized spacial score (nSPS) is 18.3. The van der Waals surface area contributed by atoms with Crippen molar-refractivity contribution in [1.82, 2.24) is 19.4 Å². The largest absolute Gasteiger partial charge is 0.431 e. The summed E-state index contributed by atoms with van der Waals surface area (Å²) < 4.78 is 6.49. The number of piperidine rings is 1. The molecular formula is C25H27N7O4. The number of carbonyl (C=O) groups is 3. The fourth-order valence-corrected chi connectivity index (χ4v) is 4.64. The quantitative estimate of drug-likeness (QED) is 0.555. The van der Waals surface area contributed by atoms with E-state index in [0.717, 1.165) is 6.42 Å². The van der Waals surface area contributed by atoms with Gasteiger partial charge in [-0.05, 0) is 18.4 Å². The number of carbonyl (C=O) groups excluding carboxylic acids is 3. The molecule has 2 aromatic heterocycles. The minimum Gasteiger partial charge on any atom is -0.431 e. The summed E-state index contributed by atoms with van der Waals surface area (Å²) in [5, 5.41) is 9.54. The number of fused-ring (bicyclic) bond motifs is 1. The van der Waals surface area contributed by atoms with Crippen LogP contribution in [0.25, 0.3) is 11.0 Å². The molecule has 11 nitrogen and oxygen atoms in total. The van der Waals surface area contributed by atoms with Crippen molar-refractivity contribution >= 4 is 34.8 Å². The maximum Gasteiger partial charge on any atom is 0.405 e. The summed E-state index contributed by atoms with van der Waals surface area (Å²) in [6, 6.07) is 12.2. The molecular weight excluding hydrogens is 462 g/mol. The van der Waals surface area contributed by atoms with Gasteiger partial charge in [-0.15, -0.1) is 0 Å². The SMILES string of the molecule is C[C@@H]1CCN(C(=O)CC#N)C[C@@H]1N(C)c1ncnc2c1ccn2C(=O)C(OC(N)=O)c1ccccc1. The summed E-state index contributed by atoms with van der Waals surface area (Å²) in [4.78, 5) is 49.8. The Morgan fingerprint density at radius 2 is 2.00 bits per heavy atom. The lowest BCUT2D eigenvalue weighted by Gasteiger charge is -2.42. The molecule has 0 bridgehead atoms. The molecule has 0 radical (unpaired) electrons. The van der Waals surface area contributed by atoms with Gasteiger partial charge in [-0.3, -0.25) is 14.2 Å². The van der Waals surface area contributed by atoms with E-state index in [-0.39, 0.29) is 24.3 Å². The standard InChI is InChI=1S/C25H27N7O4/c1-16-9-12-31(20(33)8-11-26)14-19(16)30(2)22-18-10-13-32(23(18)29-15-28-22)24(34)21(36-25(27)35)17-6-4-3-5-7-17/h3-7,10,13,15-16,19,21H,8-9,12,14H2,1-2H3,(H2,27,35)/t16-,19+,21?/m1/s1. The number of likely N-dealkylation sites (tertiary alicyclic amines) is 1. The van der Waals surface area contributed by atoms with Crippen molar-refractivity contribution in [1.29, 1.82) is 5.26 Å². The van der Waals surface area contributed by atoms with Crippen molar-refractivity contribution < 1.29 is 19.1 Å². The maximum absolute atomic E-state index is 13.5. The third kappa shape index (κ3) is 4.84. The molecule has 2 N–H and O–H groups in total. The Hall–Kier alpha value is -4.46. The van der Waals surface area contributed by atoms with Gasteiger partial charge in [-0.1, -0.05) is 37.3 Å². The molecule has 4 rings (SSSR count). The summed E-state index contributed by atoms with van der Waals surface area (Å²) in [5.74, 6) is 0.154. The first-order valence-corrected chi connectivity index (χ1v) is 11.6. The first-order valence-electron chi connectivity index (χ1n) is 11.6. The molecule has 3 atom stereocenters. The molecule has 11 heteroatoms. The highest BCUT2D eigenvalue weighted by atomic mass is 16.6. The minimum absolute atomic E-state index is 0.0474. The fraction of sp³-hybridized carbons (Fsp3) is 0.360. The number of likely N-dealkylation sites (N-methyl/N-ethyl adjacent to an activating group) is 1. The van der Waals surface area contributed by atoms with Crippen LogP contribution >= 0.6 is 0 Å². The number of anilines is 1. The van der Waals surface area contributed by atoms with Crippen molar-refractivity contribution in [2.24, 2.45) is 11.7 Å². The van der Waals surface area contributed by atoms with Crippen molar-refractivity contribution in [2.45, 2.75) is 31.9 Å². The van der Waals surface area contributed by atoms with E-state index in [4.69, 9.17) is 15.7 Å². The third-order valence-corrected chi connectivity index (χ3v) is 6.59. The summed E-state index contributed by atoms with van der Waals surface area (Å²) in [7, 11) is 1.89. The van der Waals surface area contributed by atoms with E-state index in [2.05, 4.69) is 16.9 Å². The molecule has 1 fully saturated rings. The number of hydrogen-bond acceptors (Lipinski definition) is 8. The van der Waals surface area contributed by atoms with Gasteiger partial charge in [0.25, 0.3) is 5.91 Å². The lowest BCUT2D eigenvalue weighted by molar-refractivity contribution is -0.131. The van der Waals surface area contributed by atoms with Gasteiger partial charge in [0.2, 0.25) is 12.0 Å². The number of aromatic nitrogens is 3. The van der Waals surface area contributed by atoms with Crippen LogP contribution in [-0.4, -0.2) is 63.5 Å². The van der Waals surface area contributed by atoms with E-state index < -0.39 is 18.1 Å². The monoisotopic (exact) mass is 489 g/mol. The van der Waals surface area contributed by atoms with Crippen LogP contribution in [0, 0.1) is 17.2 Å². The molecule has 0 spiro atoms. The molecule has 1 aliphatic heterocycles. The van der Waals surface area contributed by atoms with E-state index in [9.17, 15) is 14.4 Å². The van der Waals surface area contributed by atoms with Crippen molar-refractivity contribution in [3.05, 3.63) is 54.5 Å². The number of hydrogen-bond donors (Lipinski definition) is 1. The number of amides is 2. The van der Waals surface area contributed by atoms with Crippen LogP contribution < -0.4 is 10.6 Å². The number of nitrogens with two attached hydrogens (primary N) is 1. The molecule has 36 heavy (non-hydrogen) atoms. The number of nitrogens with zero attached hydrogens (tertiary/aromatic N) is 6. The lowest BCUT2D eigenvalue weighted by Crippen LogP contribution is -2.52. The van der Waals surface area contributed by atoms with Gasteiger partial charge in [0, 0.05) is 31.9 Å². The van der Waals surface area contributed by atoms with E-state index in [1.165, 1.54) is 10.9 Å². The number of rotatable bonds is 6. The summed E-state index contributed by atoms with van der Waals surface area (Å²) in [6.07, 6.45) is 1.27. The second-order valence-corrected chi connectivity index (χ2v) is 8.81. The predicted molar refractivity (Wildman–Crippen MR) is 131 cm³/mol. The highest BCUT2D eigenvalue weighted by Crippen LogP contribution is 2.31. The molecule has 1 aromatic carbocycles. The number of primary amides is 1. The second kappa shape index (κ2) is 10.4. The van der Waals surface area contributed by atoms with Gasteiger partial charge in [0.05, 0.1) is 17.5 Å². The average molecular weight is 490 g/mol. The van der Waals surface area contributed by atoms with Crippen molar-refractivity contribution in [2.75, 3.05) is 25.0 Å². The molecule has 0 aliphatic carbocycles. The van der Waals surface area contributed by atoms with Crippen LogP contribution in [0.3, 0.4) is 0 Å². The zero-order valence-corrected chi connectivity index (χ0v) is 20.1. The topological polar surface area (TPSA) is 147 Å². The van der Waals surface area contributed by atoms with E-state index in [0.29, 0.717) is 35.5 Å². The molecule has 1 aliphatic rings. The smallest absolute Gasteiger partial charge is 0.405 e. The molecule has 1 saturated heterocycles. The highest BCUT2D eigenvalue weighted by Gasteiger charge is 2.33. The van der Waals surface area contributed by atoms with Gasteiger partial charge in [0.15, 0.2) is 5.65 Å². The highest BCUT2D eigenvalue weighted by molar-refractivity contribution is 5.97. The number of benzene rings is 1. The molecule has 0 saturated carbocycles. The zero-order chi connectivity index (χ0) is 25.8. The Bertz CT molecular complexity index is 1320. The Morgan fingerprint density at radius 1 is 1.25 bits per heavy atom. The molecule has 186 valence electrons. The molecule has 2 amide bonds. The van der Waals surface area contributed by atoms with Gasteiger partial charge in [0.1, 0.15) is 18.6 Å². The molecule has 3 aromatic rings. The first-order chi connectivity index (χ1) is 17.3. The van der Waals surface area contributed by atoms with Crippen LogP contribution in [0.2, 0.25) is 0 Å². The molecule has 3 heterocycles. The zero-order valence-electron chi connectivity index (χ0n) is 20.1. The van der Waals surface area contributed by atoms with Gasteiger partial charge in [-0.25, -0.2) is 14.8 Å². The van der Waals surface area contributed by atoms with Crippen molar-refractivity contribution in [3.8, 4) is 6.07 Å². The maximum atomic E-state index is 13.5. The van der Waals surface area contributed by atoms with Gasteiger partial charge in [-0.2, -0.15) is 5.26 Å². The number of nitriles is 1. The van der Waals surface area contributed by atoms with E-state index in [1.54, 1.807) is 47.5 Å². The number of ether oxygens (including phenoxy) is 1. The summed E-state index contributed by atoms with van der Waals surface area (Å²) >= 11 is 0. The summed E-state index contributed by atoms with van der Waals surface area (Å²) in [6.45, 7) is 3.19. The lowest BCUT2D eigenvalue weighted by atomic mass is 9.92. The third-order valence-electron chi connectivity index (χ3n) is 6.59. The minimum atomic E-state index is -1.24. The Balaban J connectivity index is 1.66. The van der Waals surface area contributed by atoms with E-state index >= 15 is 0 Å². The van der Waals surface area contributed by atoms with Crippen molar-refractivity contribution in [3.63, 3.8) is 0 Å². The molecule has 1 unspecified atom stereocenters. The second-order valence-electron chi connectivity index (χ2n) is 8.81. The van der Waals surface area contributed by atoms with Crippen LogP contribution in [0.1, 0.15) is 36.2 Å². The van der Waals surface area contributed by atoms with Gasteiger partial charge >= 0.3 is 6.09 Å². The van der Waals surface area contributed by atoms with Crippen LogP contribution in [0.15, 0.2) is 48.9 Å². The van der Waals surface area contributed by atoms with Gasteiger partial charge < -0.3 is 20.3 Å². The fourth-order valence-electron chi connectivity index (χ4n) is 4.64. The van der Waals surface area contributed by atoms with Crippen LogP contribution in [0.5, 0.6) is 0 Å². The van der Waals surface area contributed by atoms with E-state index in [1.807, 2.05) is 18.0 Å². The Labute approximate surface area is 208 Å².